The summed E-state index contributed by atoms with van der Waals surface area (Å²) in [5.74, 6) is 0.108. The number of carbonyl (C=O) groups is 1. The Labute approximate surface area is 123 Å². The van der Waals surface area contributed by atoms with Crippen LogP contribution in [0, 0.1) is 0 Å². The molecule has 0 radical (unpaired) electrons. The van der Waals surface area contributed by atoms with E-state index in [1.165, 1.54) is 0 Å². The highest BCUT2D eigenvalue weighted by molar-refractivity contribution is 5.95. The van der Waals surface area contributed by atoms with Crippen LogP contribution in [0.2, 0.25) is 0 Å². The lowest BCUT2D eigenvalue weighted by Crippen LogP contribution is -2.43. The van der Waals surface area contributed by atoms with Gasteiger partial charge in [0.25, 0.3) is 0 Å². The van der Waals surface area contributed by atoms with E-state index in [4.69, 9.17) is 10.9 Å². The van der Waals surface area contributed by atoms with Gasteiger partial charge in [-0.2, -0.15) is 0 Å². The lowest BCUT2D eigenvalue weighted by atomic mass is 10.2. The predicted octanol–water partition coefficient (Wildman–Crippen LogP) is 0.277. The molecule has 1 saturated heterocycles. The van der Waals surface area contributed by atoms with Crippen molar-refractivity contribution in [2.45, 2.75) is 32.4 Å². The number of nitrogens with zero attached hydrogens (tertiary/aromatic N) is 3. The standard InChI is InChI=1S/C14H21N5O2/c1-10(14(20)19-6-2-3-7-19)17-9-11-4-5-16-12(8-11)13(15)18-21/h4-5,8,10,17,21H,2-3,6-7,9H2,1H3,(H2,15,18). The summed E-state index contributed by atoms with van der Waals surface area (Å²) in [6.07, 6.45) is 3.77. The molecule has 2 rings (SSSR count). The number of nitrogens with two attached hydrogens (primary N) is 1. The molecule has 1 fully saturated rings. The average molecular weight is 291 g/mol. The fourth-order valence-electron chi connectivity index (χ4n) is 2.35. The molecule has 2 heterocycles. The molecular weight excluding hydrogens is 270 g/mol. The summed E-state index contributed by atoms with van der Waals surface area (Å²) < 4.78 is 0. The Morgan fingerprint density at radius 1 is 1.57 bits per heavy atom. The summed E-state index contributed by atoms with van der Waals surface area (Å²) in [5, 5.41) is 14.8. The molecule has 1 aromatic heterocycles. The van der Waals surface area contributed by atoms with Crippen LogP contribution >= 0.6 is 0 Å². The zero-order valence-corrected chi connectivity index (χ0v) is 12.1. The molecule has 1 unspecified atom stereocenters. The molecule has 0 aromatic carbocycles. The van der Waals surface area contributed by atoms with Gasteiger partial charge in [0.1, 0.15) is 5.69 Å². The Kier molecular flexibility index (Phi) is 5.10. The first-order valence-electron chi connectivity index (χ1n) is 7.07. The van der Waals surface area contributed by atoms with E-state index in [9.17, 15) is 4.79 Å². The number of aromatic nitrogens is 1. The first-order chi connectivity index (χ1) is 10.1. The van der Waals surface area contributed by atoms with Crippen molar-refractivity contribution in [2.24, 2.45) is 10.9 Å². The third kappa shape index (κ3) is 3.91. The number of hydrogen-bond donors (Lipinski definition) is 3. The molecule has 1 atom stereocenters. The van der Waals surface area contributed by atoms with E-state index in [-0.39, 0.29) is 17.8 Å². The molecule has 7 heteroatoms. The molecule has 7 nitrogen and oxygen atoms in total. The third-order valence-electron chi connectivity index (χ3n) is 3.60. The van der Waals surface area contributed by atoms with Gasteiger partial charge in [-0.25, -0.2) is 0 Å². The van der Waals surface area contributed by atoms with Gasteiger partial charge in [0.2, 0.25) is 5.91 Å². The summed E-state index contributed by atoms with van der Waals surface area (Å²) in [4.78, 5) is 18.1. The number of amides is 1. The second-order valence-corrected chi connectivity index (χ2v) is 5.17. The molecular formula is C14H21N5O2. The van der Waals surface area contributed by atoms with Gasteiger partial charge in [-0.1, -0.05) is 5.16 Å². The monoisotopic (exact) mass is 291 g/mol. The number of hydrogen-bond acceptors (Lipinski definition) is 5. The van der Waals surface area contributed by atoms with E-state index in [0.717, 1.165) is 31.5 Å². The van der Waals surface area contributed by atoms with Crippen LogP contribution in [0.25, 0.3) is 0 Å². The maximum absolute atomic E-state index is 12.2. The van der Waals surface area contributed by atoms with Gasteiger partial charge in [-0.05, 0) is 37.5 Å². The molecule has 21 heavy (non-hydrogen) atoms. The van der Waals surface area contributed by atoms with Crippen molar-refractivity contribution < 1.29 is 10.0 Å². The van der Waals surface area contributed by atoms with E-state index in [1.54, 1.807) is 12.3 Å². The lowest BCUT2D eigenvalue weighted by Gasteiger charge is -2.21. The topological polar surface area (TPSA) is 104 Å². The SMILES string of the molecule is CC(NCc1ccnc(/C(N)=N/O)c1)C(=O)N1CCCC1. The molecule has 0 spiro atoms. The van der Waals surface area contributed by atoms with Gasteiger partial charge < -0.3 is 21.2 Å². The minimum atomic E-state index is -0.233. The summed E-state index contributed by atoms with van der Waals surface area (Å²) >= 11 is 0. The number of oxime groups is 1. The molecule has 0 bridgehead atoms. The minimum absolute atomic E-state index is 0.0296. The highest BCUT2D eigenvalue weighted by atomic mass is 16.4. The number of likely N-dealkylation sites (tertiary alicyclic amines) is 1. The van der Waals surface area contributed by atoms with Crippen LogP contribution in [0.15, 0.2) is 23.5 Å². The van der Waals surface area contributed by atoms with E-state index in [2.05, 4.69) is 15.5 Å². The van der Waals surface area contributed by atoms with Crippen molar-refractivity contribution in [2.75, 3.05) is 13.1 Å². The van der Waals surface area contributed by atoms with Crippen LogP contribution < -0.4 is 11.1 Å². The van der Waals surface area contributed by atoms with Crippen molar-refractivity contribution in [3.05, 3.63) is 29.6 Å². The zero-order chi connectivity index (χ0) is 15.2. The first-order valence-corrected chi connectivity index (χ1v) is 7.07. The van der Waals surface area contributed by atoms with Crippen molar-refractivity contribution in [1.82, 2.24) is 15.2 Å². The van der Waals surface area contributed by atoms with Gasteiger partial charge in [0.15, 0.2) is 5.84 Å². The molecule has 0 aliphatic carbocycles. The second-order valence-electron chi connectivity index (χ2n) is 5.17. The van der Waals surface area contributed by atoms with Crippen LogP contribution in [0.3, 0.4) is 0 Å². The smallest absolute Gasteiger partial charge is 0.239 e. The van der Waals surface area contributed by atoms with Crippen LogP contribution in [0.4, 0.5) is 0 Å². The lowest BCUT2D eigenvalue weighted by molar-refractivity contribution is -0.131. The Morgan fingerprint density at radius 2 is 2.29 bits per heavy atom. The largest absolute Gasteiger partial charge is 0.409 e. The molecule has 4 N–H and O–H groups in total. The summed E-state index contributed by atoms with van der Waals surface area (Å²) in [5.41, 5.74) is 6.84. The van der Waals surface area contributed by atoms with Crippen molar-refractivity contribution in [1.29, 1.82) is 0 Å². The van der Waals surface area contributed by atoms with Crippen LogP contribution in [0.5, 0.6) is 0 Å². The fraction of sp³-hybridized carbons (Fsp3) is 0.500. The van der Waals surface area contributed by atoms with Crippen LogP contribution in [0.1, 0.15) is 31.0 Å². The Morgan fingerprint density at radius 3 is 2.95 bits per heavy atom. The summed E-state index contributed by atoms with van der Waals surface area (Å²) in [6.45, 7) is 4.10. The maximum Gasteiger partial charge on any atom is 0.239 e. The number of rotatable bonds is 5. The predicted molar refractivity (Wildman–Crippen MR) is 78.9 cm³/mol. The second kappa shape index (κ2) is 7.03. The molecule has 114 valence electrons. The van der Waals surface area contributed by atoms with E-state index in [1.807, 2.05) is 17.9 Å². The van der Waals surface area contributed by atoms with Gasteiger partial charge in [0.05, 0.1) is 6.04 Å². The van der Waals surface area contributed by atoms with Gasteiger partial charge in [-0.15, -0.1) is 0 Å². The number of nitrogens with one attached hydrogen (secondary N) is 1. The quantitative estimate of drug-likeness (QED) is 0.313. The van der Waals surface area contributed by atoms with Crippen LogP contribution in [-0.4, -0.2) is 46.0 Å². The number of pyridine rings is 1. The Hall–Kier alpha value is -2.15. The van der Waals surface area contributed by atoms with Gasteiger partial charge >= 0.3 is 0 Å². The van der Waals surface area contributed by atoms with Crippen molar-refractivity contribution in [3.63, 3.8) is 0 Å². The van der Waals surface area contributed by atoms with E-state index in [0.29, 0.717) is 12.2 Å². The van der Waals surface area contributed by atoms with Crippen LogP contribution in [-0.2, 0) is 11.3 Å². The number of carbonyl (C=O) groups excluding carboxylic acids is 1. The normalized spacial score (nSPS) is 17.0. The molecule has 1 amide bonds. The Balaban J connectivity index is 1.91. The maximum atomic E-state index is 12.2. The highest BCUT2D eigenvalue weighted by Gasteiger charge is 2.22. The molecule has 0 saturated carbocycles. The third-order valence-corrected chi connectivity index (χ3v) is 3.60. The molecule has 1 aromatic rings. The molecule has 1 aliphatic rings. The average Bonchev–Trinajstić information content (AvgIpc) is 3.05. The minimum Gasteiger partial charge on any atom is -0.409 e. The van der Waals surface area contributed by atoms with Gasteiger partial charge in [-0.3, -0.25) is 9.78 Å². The Bertz CT molecular complexity index is 526. The van der Waals surface area contributed by atoms with Crippen molar-refractivity contribution >= 4 is 11.7 Å². The molecule has 1 aliphatic heterocycles. The van der Waals surface area contributed by atoms with Gasteiger partial charge in [0, 0.05) is 25.8 Å². The van der Waals surface area contributed by atoms with E-state index < -0.39 is 0 Å². The summed E-state index contributed by atoms with van der Waals surface area (Å²) in [7, 11) is 0. The zero-order valence-electron chi connectivity index (χ0n) is 12.1. The number of amidine groups is 1. The van der Waals surface area contributed by atoms with E-state index >= 15 is 0 Å². The summed E-state index contributed by atoms with van der Waals surface area (Å²) in [6, 6.07) is 3.33. The fourth-order valence-corrected chi connectivity index (χ4v) is 2.35. The van der Waals surface area contributed by atoms with Crippen molar-refractivity contribution in [3.8, 4) is 0 Å². The first kappa shape index (κ1) is 15.2. The highest BCUT2D eigenvalue weighted by Crippen LogP contribution is 2.09.